The molecule has 0 aliphatic carbocycles. The van der Waals surface area contributed by atoms with Gasteiger partial charge in [0.15, 0.2) is 0 Å². The highest BCUT2D eigenvalue weighted by Crippen LogP contribution is 2.17. The molecular weight excluding hydrogens is 308 g/mol. The van der Waals surface area contributed by atoms with Gasteiger partial charge in [-0.15, -0.1) is 0 Å². The number of carbonyl (C=O) groups is 2. The molecule has 0 bridgehead atoms. The van der Waals surface area contributed by atoms with E-state index in [9.17, 15) is 9.59 Å². The number of ether oxygens (including phenoxy) is 3. The van der Waals surface area contributed by atoms with Gasteiger partial charge in [-0.05, 0) is 49.7 Å². The maximum atomic E-state index is 11.7. The fraction of sp³-hybridized carbons (Fsp3) is 0.263. The average molecular weight is 328 g/mol. The molecule has 2 aromatic carbocycles. The fourth-order valence-electron chi connectivity index (χ4n) is 2.10. The highest BCUT2D eigenvalue weighted by Gasteiger charge is 2.09. The van der Waals surface area contributed by atoms with Crippen LogP contribution >= 0.6 is 0 Å². The Kier molecular flexibility index (Phi) is 6.37. The molecule has 0 fully saturated rings. The lowest BCUT2D eigenvalue weighted by molar-refractivity contribution is 0.0516. The molecule has 0 N–H and O–H groups in total. The number of benzene rings is 2. The molecule has 0 saturated heterocycles. The molecular formula is C19H20O5. The summed E-state index contributed by atoms with van der Waals surface area (Å²) in [5, 5.41) is 0. The minimum absolute atomic E-state index is 0.277. The first-order chi connectivity index (χ1) is 11.6. The third-order valence-electron chi connectivity index (χ3n) is 3.19. The van der Waals surface area contributed by atoms with Gasteiger partial charge in [-0.1, -0.05) is 18.2 Å². The molecule has 0 atom stereocenters. The van der Waals surface area contributed by atoms with Crippen LogP contribution in [-0.4, -0.2) is 25.2 Å². The molecule has 0 unspecified atom stereocenters. The topological polar surface area (TPSA) is 61.8 Å². The van der Waals surface area contributed by atoms with Crippen molar-refractivity contribution in [1.82, 2.24) is 0 Å². The second-order valence-corrected chi connectivity index (χ2v) is 4.96. The van der Waals surface area contributed by atoms with Crippen molar-refractivity contribution in [3.8, 4) is 5.75 Å². The van der Waals surface area contributed by atoms with Crippen LogP contribution in [0.4, 0.5) is 0 Å². The van der Waals surface area contributed by atoms with Crippen LogP contribution in [0.3, 0.4) is 0 Å². The molecule has 126 valence electrons. The first-order valence-corrected chi connectivity index (χ1v) is 7.80. The molecule has 2 rings (SSSR count). The summed E-state index contributed by atoms with van der Waals surface area (Å²) in [6.07, 6.45) is 0. The smallest absolute Gasteiger partial charge is 0.338 e. The van der Waals surface area contributed by atoms with Gasteiger partial charge < -0.3 is 14.2 Å². The van der Waals surface area contributed by atoms with Crippen molar-refractivity contribution in [1.29, 1.82) is 0 Å². The van der Waals surface area contributed by atoms with E-state index in [0.29, 0.717) is 30.1 Å². The van der Waals surface area contributed by atoms with Crippen molar-refractivity contribution < 1.29 is 23.8 Å². The summed E-state index contributed by atoms with van der Waals surface area (Å²) in [5.74, 6) is -0.182. The summed E-state index contributed by atoms with van der Waals surface area (Å²) in [4.78, 5) is 23.5. The van der Waals surface area contributed by atoms with Gasteiger partial charge in [-0.2, -0.15) is 0 Å². The SMILES string of the molecule is CCOC(=O)c1cccc(COc2cccc(C(=O)OCC)c2)c1. The zero-order valence-corrected chi connectivity index (χ0v) is 13.8. The third kappa shape index (κ3) is 4.84. The summed E-state index contributed by atoms with van der Waals surface area (Å²) in [6, 6.07) is 13.9. The Bertz CT molecular complexity index is 647. The van der Waals surface area contributed by atoms with E-state index in [2.05, 4.69) is 0 Å². The molecule has 0 heterocycles. The molecule has 5 heteroatoms. The lowest BCUT2D eigenvalue weighted by atomic mass is 10.1. The highest BCUT2D eigenvalue weighted by molar-refractivity contribution is 5.90. The largest absolute Gasteiger partial charge is 0.489 e. The Hall–Kier alpha value is -2.82. The standard InChI is InChI=1S/C19H20O5/c1-3-22-18(20)15-8-5-7-14(11-15)13-24-17-10-6-9-16(12-17)19(21)23-4-2/h5-12H,3-4,13H2,1-2H3. The van der Waals surface area contributed by atoms with Crippen LogP contribution in [0.2, 0.25) is 0 Å². The van der Waals surface area contributed by atoms with Gasteiger partial charge >= 0.3 is 11.9 Å². The van der Waals surface area contributed by atoms with Crippen LogP contribution < -0.4 is 4.74 Å². The van der Waals surface area contributed by atoms with E-state index in [1.54, 1.807) is 56.3 Å². The predicted octanol–water partition coefficient (Wildman–Crippen LogP) is 3.62. The monoisotopic (exact) mass is 328 g/mol. The van der Waals surface area contributed by atoms with E-state index in [-0.39, 0.29) is 18.5 Å². The van der Waals surface area contributed by atoms with Gasteiger partial charge in [0.1, 0.15) is 12.4 Å². The quantitative estimate of drug-likeness (QED) is 0.727. The molecule has 24 heavy (non-hydrogen) atoms. The molecule has 0 spiro atoms. The minimum atomic E-state index is -0.382. The maximum Gasteiger partial charge on any atom is 0.338 e. The van der Waals surface area contributed by atoms with Crippen LogP contribution in [0.1, 0.15) is 40.1 Å². The van der Waals surface area contributed by atoms with Crippen molar-refractivity contribution in [3.05, 3.63) is 65.2 Å². The average Bonchev–Trinajstić information content (AvgIpc) is 2.61. The molecule has 0 saturated carbocycles. The van der Waals surface area contributed by atoms with Crippen molar-refractivity contribution in [2.75, 3.05) is 13.2 Å². The number of hydrogen-bond donors (Lipinski definition) is 0. The summed E-state index contributed by atoms with van der Waals surface area (Å²) in [5.41, 5.74) is 1.76. The Balaban J connectivity index is 2.03. The molecule has 5 nitrogen and oxygen atoms in total. The highest BCUT2D eigenvalue weighted by atomic mass is 16.5. The van der Waals surface area contributed by atoms with Crippen LogP contribution in [0.5, 0.6) is 5.75 Å². The van der Waals surface area contributed by atoms with Crippen LogP contribution in [0, 0.1) is 0 Å². The molecule has 0 radical (unpaired) electrons. The minimum Gasteiger partial charge on any atom is -0.489 e. The van der Waals surface area contributed by atoms with Crippen molar-refractivity contribution in [2.45, 2.75) is 20.5 Å². The van der Waals surface area contributed by atoms with Gasteiger partial charge in [0.05, 0.1) is 24.3 Å². The van der Waals surface area contributed by atoms with Gasteiger partial charge in [-0.25, -0.2) is 9.59 Å². The van der Waals surface area contributed by atoms with E-state index >= 15 is 0 Å². The van der Waals surface area contributed by atoms with E-state index in [1.807, 2.05) is 6.07 Å². The summed E-state index contributed by atoms with van der Waals surface area (Å²) in [6.45, 7) is 4.46. The first kappa shape index (κ1) is 17.5. The second kappa shape index (κ2) is 8.72. The Morgan fingerprint density at radius 2 is 1.42 bits per heavy atom. The Morgan fingerprint density at radius 3 is 2.04 bits per heavy atom. The predicted molar refractivity (Wildman–Crippen MR) is 89.1 cm³/mol. The van der Waals surface area contributed by atoms with Crippen molar-refractivity contribution in [2.24, 2.45) is 0 Å². The summed E-state index contributed by atoms with van der Waals surface area (Å²) in [7, 11) is 0. The Labute approximate surface area is 141 Å². The zero-order valence-electron chi connectivity index (χ0n) is 13.8. The van der Waals surface area contributed by atoms with Crippen molar-refractivity contribution in [3.63, 3.8) is 0 Å². The van der Waals surface area contributed by atoms with Gasteiger partial charge in [0, 0.05) is 0 Å². The number of carbonyl (C=O) groups excluding carboxylic acids is 2. The lowest BCUT2D eigenvalue weighted by Gasteiger charge is -2.09. The van der Waals surface area contributed by atoms with E-state index in [1.165, 1.54) is 0 Å². The van der Waals surface area contributed by atoms with Gasteiger partial charge in [-0.3, -0.25) is 0 Å². The van der Waals surface area contributed by atoms with E-state index in [0.717, 1.165) is 5.56 Å². The summed E-state index contributed by atoms with van der Waals surface area (Å²) < 4.78 is 15.6. The molecule has 0 aliphatic heterocycles. The normalized spacial score (nSPS) is 10.1. The Morgan fingerprint density at radius 1 is 0.833 bits per heavy atom. The van der Waals surface area contributed by atoms with Gasteiger partial charge in [0.2, 0.25) is 0 Å². The van der Waals surface area contributed by atoms with Gasteiger partial charge in [0.25, 0.3) is 0 Å². The molecule has 0 aromatic heterocycles. The van der Waals surface area contributed by atoms with Crippen LogP contribution in [0.25, 0.3) is 0 Å². The number of rotatable bonds is 7. The number of esters is 2. The van der Waals surface area contributed by atoms with Crippen LogP contribution in [-0.2, 0) is 16.1 Å². The van der Waals surface area contributed by atoms with E-state index < -0.39 is 0 Å². The maximum absolute atomic E-state index is 11.7. The zero-order chi connectivity index (χ0) is 17.4. The van der Waals surface area contributed by atoms with Crippen molar-refractivity contribution >= 4 is 11.9 Å². The number of hydrogen-bond acceptors (Lipinski definition) is 5. The van der Waals surface area contributed by atoms with E-state index in [4.69, 9.17) is 14.2 Å². The third-order valence-corrected chi connectivity index (χ3v) is 3.19. The molecule has 0 amide bonds. The fourth-order valence-corrected chi connectivity index (χ4v) is 2.10. The second-order valence-electron chi connectivity index (χ2n) is 4.96. The van der Waals surface area contributed by atoms with Crippen LogP contribution in [0.15, 0.2) is 48.5 Å². The molecule has 0 aliphatic rings. The lowest BCUT2D eigenvalue weighted by Crippen LogP contribution is -2.06. The first-order valence-electron chi connectivity index (χ1n) is 7.80. The summed E-state index contributed by atoms with van der Waals surface area (Å²) >= 11 is 0. The molecule has 2 aromatic rings.